The van der Waals surface area contributed by atoms with E-state index in [1.165, 1.54) is 5.57 Å². The molecular formula is C30H50O3. The SMILES string of the molecule is CC(C)C1CC(O)[C@@H]2[C@@]1(C)CC[C@@]1(C)[C@H]3C(=CC[C@]21C)[C@@]1(C)CCC(O)C(C)(C)[C@@H]1CC3O. The van der Waals surface area contributed by atoms with Crippen LogP contribution in [0.1, 0.15) is 100 Å². The van der Waals surface area contributed by atoms with Crippen molar-refractivity contribution >= 4 is 0 Å². The average molecular weight is 459 g/mol. The van der Waals surface area contributed by atoms with Gasteiger partial charge in [-0.15, -0.1) is 0 Å². The number of hydrogen-bond acceptors (Lipinski definition) is 3. The molecule has 0 amide bonds. The zero-order chi connectivity index (χ0) is 24.4. The Balaban J connectivity index is 1.61. The van der Waals surface area contributed by atoms with Crippen LogP contribution in [-0.4, -0.2) is 33.6 Å². The van der Waals surface area contributed by atoms with Crippen LogP contribution in [-0.2, 0) is 0 Å². The second-order valence-corrected chi connectivity index (χ2v) is 15.0. The third kappa shape index (κ3) is 2.80. The molecule has 0 heterocycles. The topological polar surface area (TPSA) is 60.7 Å². The van der Waals surface area contributed by atoms with Crippen LogP contribution < -0.4 is 0 Å². The molecule has 5 aliphatic rings. The Morgan fingerprint density at radius 3 is 2.15 bits per heavy atom. The molecule has 5 rings (SSSR count). The van der Waals surface area contributed by atoms with Crippen LogP contribution >= 0.6 is 0 Å². The smallest absolute Gasteiger partial charge is 0.0614 e. The molecule has 0 radical (unpaired) electrons. The van der Waals surface area contributed by atoms with E-state index in [4.69, 9.17) is 0 Å². The molecule has 0 aliphatic heterocycles. The Hall–Kier alpha value is -0.380. The summed E-state index contributed by atoms with van der Waals surface area (Å²) in [6, 6.07) is 0. The Kier molecular flexibility index (Phi) is 5.23. The molecule has 33 heavy (non-hydrogen) atoms. The lowest BCUT2D eigenvalue weighted by Gasteiger charge is -2.70. The highest BCUT2D eigenvalue weighted by molar-refractivity contribution is 5.35. The van der Waals surface area contributed by atoms with Crippen LogP contribution in [0.25, 0.3) is 0 Å². The minimum Gasteiger partial charge on any atom is -0.393 e. The molecule has 0 aromatic rings. The van der Waals surface area contributed by atoms with Crippen LogP contribution in [0.15, 0.2) is 11.6 Å². The van der Waals surface area contributed by atoms with Crippen molar-refractivity contribution in [2.45, 2.75) is 119 Å². The molecule has 0 saturated heterocycles. The summed E-state index contributed by atoms with van der Waals surface area (Å²) in [7, 11) is 0. The Morgan fingerprint density at radius 2 is 1.52 bits per heavy atom. The summed E-state index contributed by atoms with van der Waals surface area (Å²) in [4.78, 5) is 0. The Morgan fingerprint density at radius 1 is 0.848 bits per heavy atom. The average Bonchev–Trinajstić information content (AvgIpc) is 3.00. The van der Waals surface area contributed by atoms with Gasteiger partial charge in [0.05, 0.1) is 18.3 Å². The second kappa shape index (κ2) is 7.10. The van der Waals surface area contributed by atoms with E-state index in [-0.39, 0.29) is 57.2 Å². The standard InChI is InChI=1S/C30H50O3/c1-17(2)19-15-21(32)25-28(19,6)13-14-29(7)24-18(9-12-30(25,29)8)27(5)11-10-23(33)26(3,4)22(27)16-20(24)31/h9,17,19-25,31-33H,10-16H2,1-8H3/t19?,20?,21?,22-,23?,24-,25+,27+,28-,29-,30+/m0/s1. The van der Waals surface area contributed by atoms with Gasteiger partial charge in [-0.05, 0) is 95.7 Å². The molecule has 11 atom stereocenters. The van der Waals surface area contributed by atoms with Crippen molar-refractivity contribution in [2.75, 3.05) is 0 Å². The Labute approximate surface area is 202 Å². The zero-order valence-corrected chi connectivity index (χ0v) is 22.5. The van der Waals surface area contributed by atoms with Gasteiger partial charge >= 0.3 is 0 Å². The maximum absolute atomic E-state index is 11.8. The van der Waals surface area contributed by atoms with Gasteiger partial charge in [0.1, 0.15) is 0 Å². The van der Waals surface area contributed by atoms with Gasteiger partial charge in [-0.2, -0.15) is 0 Å². The van der Waals surface area contributed by atoms with Gasteiger partial charge in [0.2, 0.25) is 0 Å². The van der Waals surface area contributed by atoms with Crippen LogP contribution in [0.4, 0.5) is 0 Å². The van der Waals surface area contributed by atoms with Crippen molar-refractivity contribution in [1.82, 2.24) is 0 Å². The van der Waals surface area contributed by atoms with Crippen LogP contribution in [0.5, 0.6) is 0 Å². The van der Waals surface area contributed by atoms with E-state index in [1.54, 1.807) is 0 Å². The number of hydrogen-bond donors (Lipinski definition) is 3. The van der Waals surface area contributed by atoms with Gasteiger partial charge in [0, 0.05) is 5.92 Å². The maximum atomic E-state index is 11.8. The normalized spacial score (nSPS) is 57.6. The first-order valence-electron chi connectivity index (χ1n) is 13.9. The third-order valence-electron chi connectivity index (χ3n) is 13.2. The molecule has 0 bridgehead atoms. The minimum absolute atomic E-state index is 0.00883. The van der Waals surface area contributed by atoms with Crippen molar-refractivity contribution in [2.24, 2.45) is 56.7 Å². The highest BCUT2D eigenvalue weighted by Gasteiger charge is 2.71. The first-order valence-corrected chi connectivity index (χ1v) is 13.9. The summed E-state index contributed by atoms with van der Waals surface area (Å²) in [6.07, 6.45) is 8.51. The highest BCUT2D eigenvalue weighted by atomic mass is 16.3. The summed E-state index contributed by atoms with van der Waals surface area (Å²) >= 11 is 0. The minimum atomic E-state index is -0.368. The maximum Gasteiger partial charge on any atom is 0.0614 e. The molecule has 0 aromatic carbocycles. The third-order valence-corrected chi connectivity index (χ3v) is 13.2. The molecular weight excluding hydrogens is 408 g/mol. The number of aliphatic hydroxyl groups is 3. The molecule has 4 unspecified atom stereocenters. The second-order valence-electron chi connectivity index (χ2n) is 15.0. The fraction of sp³-hybridized carbons (Fsp3) is 0.933. The fourth-order valence-electron chi connectivity index (χ4n) is 11.2. The molecule has 3 nitrogen and oxygen atoms in total. The van der Waals surface area contributed by atoms with E-state index in [9.17, 15) is 15.3 Å². The van der Waals surface area contributed by atoms with Crippen molar-refractivity contribution in [3.8, 4) is 0 Å². The lowest BCUT2D eigenvalue weighted by molar-refractivity contribution is -0.202. The largest absolute Gasteiger partial charge is 0.393 e. The summed E-state index contributed by atoms with van der Waals surface area (Å²) in [6.45, 7) is 19.0. The predicted molar refractivity (Wildman–Crippen MR) is 133 cm³/mol. The van der Waals surface area contributed by atoms with Crippen LogP contribution in [0.3, 0.4) is 0 Å². The lowest BCUT2D eigenvalue weighted by Crippen LogP contribution is -2.66. The molecule has 3 N–H and O–H groups in total. The van der Waals surface area contributed by atoms with E-state index < -0.39 is 0 Å². The molecule has 0 spiro atoms. The van der Waals surface area contributed by atoms with Gasteiger partial charge in [-0.1, -0.05) is 67.0 Å². The van der Waals surface area contributed by atoms with E-state index in [0.717, 1.165) is 44.9 Å². The fourth-order valence-corrected chi connectivity index (χ4v) is 11.2. The van der Waals surface area contributed by atoms with E-state index in [1.807, 2.05) is 0 Å². The molecule has 4 fully saturated rings. The zero-order valence-electron chi connectivity index (χ0n) is 22.5. The van der Waals surface area contributed by atoms with Crippen molar-refractivity contribution in [3.05, 3.63) is 11.6 Å². The Bertz CT molecular complexity index is 845. The number of rotatable bonds is 1. The molecule has 188 valence electrons. The summed E-state index contributed by atoms with van der Waals surface area (Å²) < 4.78 is 0. The highest BCUT2D eigenvalue weighted by Crippen LogP contribution is 2.76. The lowest BCUT2D eigenvalue weighted by atomic mass is 9.35. The summed E-state index contributed by atoms with van der Waals surface area (Å²) in [5, 5.41) is 34.2. The van der Waals surface area contributed by atoms with Gasteiger partial charge in [-0.3, -0.25) is 0 Å². The molecule has 4 saturated carbocycles. The first kappa shape index (κ1) is 24.3. The van der Waals surface area contributed by atoms with Gasteiger partial charge in [0.15, 0.2) is 0 Å². The number of aliphatic hydroxyl groups excluding tert-OH is 3. The molecule has 3 heteroatoms. The van der Waals surface area contributed by atoms with Crippen molar-refractivity contribution < 1.29 is 15.3 Å². The molecule has 0 aromatic heterocycles. The number of fused-ring (bicyclic) bond motifs is 7. The summed E-state index contributed by atoms with van der Waals surface area (Å²) in [5.74, 6) is 1.92. The van der Waals surface area contributed by atoms with Crippen molar-refractivity contribution in [1.29, 1.82) is 0 Å². The predicted octanol–water partition coefficient (Wildman–Crippen LogP) is 5.97. The van der Waals surface area contributed by atoms with E-state index >= 15 is 0 Å². The quantitative estimate of drug-likeness (QED) is 0.425. The van der Waals surface area contributed by atoms with Crippen LogP contribution in [0.2, 0.25) is 0 Å². The van der Waals surface area contributed by atoms with E-state index in [0.29, 0.717) is 17.8 Å². The van der Waals surface area contributed by atoms with Gasteiger partial charge in [0.25, 0.3) is 0 Å². The summed E-state index contributed by atoms with van der Waals surface area (Å²) in [5.41, 5.74) is 1.51. The first-order chi connectivity index (χ1) is 15.1. The number of allylic oxidation sites excluding steroid dienone is 1. The van der Waals surface area contributed by atoms with Gasteiger partial charge in [-0.25, -0.2) is 0 Å². The monoisotopic (exact) mass is 458 g/mol. The van der Waals surface area contributed by atoms with Gasteiger partial charge < -0.3 is 15.3 Å². The molecule has 5 aliphatic carbocycles. The van der Waals surface area contributed by atoms with E-state index in [2.05, 4.69) is 61.5 Å². The van der Waals surface area contributed by atoms with Crippen molar-refractivity contribution in [3.63, 3.8) is 0 Å². The van der Waals surface area contributed by atoms with Crippen LogP contribution in [0, 0.1) is 56.7 Å².